The van der Waals surface area contributed by atoms with Crippen LogP contribution in [-0.2, 0) is 7.05 Å². The zero-order chi connectivity index (χ0) is 11.3. The molecule has 86 valence electrons. The minimum absolute atomic E-state index is 0.397. The van der Waals surface area contributed by atoms with Crippen LogP contribution >= 0.6 is 23.5 Å². The lowest BCUT2D eigenvalue weighted by atomic mass is 10.3. The number of thioether (sulfide) groups is 2. The van der Waals surface area contributed by atoms with Gasteiger partial charge in [0.25, 0.3) is 0 Å². The molecule has 1 rings (SSSR count). The van der Waals surface area contributed by atoms with Gasteiger partial charge >= 0.3 is 0 Å². The Morgan fingerprint density at radius 1 is 1.33 bits per heavy atom. The summed E-state index contributed by atoms with van der Waals surface area (Å²) in [6, 6.07) is 0. The molecular formula is C11H20N2S2. The molecule has 0 aliphatic rings. The second-order valence-electron chi connectivity index (χ2n) is 4.48. The summed E-state index contributed by atoms with van der Waals surface area (Å²) in [5.41, 5.74) is 0. The molecule has 2 nitrogen and oxygen atoms in total. The van der Waals surface area contributed by atoms with Crippen molar-refractivity contribution in [1.82, 2.24) is 9.55 Å². The van der Waals surface area contributed by atoms with Crippen LogP contribution in [0, 0.1) is 0 Å². The molecule has 0 bridgehead atoms. The maximum absolute atomic E-state index is 4.28. The van der Waals surface area contributed by atoms with Crippen molar-refractivity contribution >= 4 is 23.5 Å². The van der Waals surface area contributed by atoms with Gasteiger partial charge in [0.1, 0.15) is 0 Å². The zero-order valence-electron chi connectivity index (χ0n) is 9.99. The van der Waals surface area contributed by atoms with Crippen molar-refractivity contribution in [3.05, 3.63) is 12.4 Å². The average Bonchev–Trinajstić information content (AvgIpc) is 2.49. The van der Waals surface area contributed by atoms with Crippen molar-refractivity contribution in [3.8, 4) is 0 Å². The Balaban J connectivity index is 2.10. The highest BCUT2D eigenvalue weighted by Crippen LogP contribution is 2.25. The van der Waals surface area contributed by atoms with Crippen molar-refractivity contribution in [1.29, 1.82) is 0 Å². The molecule has 1 aromatic rings. The van der Waals surface area contributed by atoms with Crippen LogP contribution < -0.4 is 0 Å². The van der Waals surface area contributed by atoms with Gasteiger partial charge in [0.05, 0.1) is 0 Å². The lowest BCUT2D eigenvalue weighted by molar-refractivity contribution is 0.788. The van der Waals surface area contributed by atoms with E-state index in [-0.39, 0.29) is 0 Å². The van der Waals surface area contributed by atoms with E-state index in [9.17, 15) is 0 Å². The predicted octanol–water partition coefficient (Wildman–Crippen LogP) is 3.43. The molecule has 0 radical (unpaired) electrons. The van der Waals surface area contributed by atoms with E-state index in [0.29, 0.717) is 4.75 Å². The fraction of sp³-hybridized carbons (Fsp3) is 0.727. The summed E-state index contributed by atoms with van der Waals surface area (Å²) in [7, 11) is 2.04. The monoisotopic (exact) mass is 244 g/mol. The highest BCUT2D eigenvalue weighted by molar-refractivity contribution is 8.00. The molecule has 0 saturated heterocycles. The van der Waals surface area contributed by atoms with Crippen LogP contribution in [0.4, 0.5) is 0 Å². The third-order valence-electron chi connectivity index (χ3n) is 1.83. The first-order valence-electron chi connectivity index (χ1n) is 5.23. The molecule has 15 heavy (non-hydrogen) atoms. The molecule has 0 saturated carbocycles. The van der Waals surface area contributed by atoms with Gasteiger partial charge in [-0.2, -0.15) is 11.8 Å². The van der Waals surface area contributed by atoms with Crippen LogP contribution in [-0.4, -0.2) is 25.8 Å². The first-order valence-corrected chi connectivity index (χ1v) is 7.20. The maximum Gasteiger partial charge on any atom is 0.167 e. The third-order valence-corrected chi connectivity index (χ3v) is 4.34. The van der Waals surface area contributed by atoms with E-state index >= 15 is 0 Å². The first-order chi connectivity index (χ1) is 6.99. The molecule has 4 heteroatoms. The Bertz CT molecular complexity index is 289. The van der Waals surface area contributed by atoms with Crippen LogP contribution in [0.5, 0.6) is 0 Å². The Hall–Kier alpha value is -0.0900. The van der Waals surface area contributed by atoms with E-state index < -0.39 is 0 Å². The highest BCUT2D eigenvalue weighted by Gasteiger charge is 2.09. The average molecular weight is 244 g/mol. The second-order valence-corrected chi connectivity index (χ2v) is 7.47. The van der Waals surface area contributed by atoms with Crippen molar-refractivity contribution in [3.63, 3.8) is 0 Å². The van der Waals surface area contributed by atoms with E-state index in [0.717, 1.165) is 10.9 Å². The van der Waals surface area contributed by atoms with Gasteiger partial charge in [-0.3, -0.25) is 0 Å². The molecule has 0 aliphatic heterocycles. The molecule has 0 unspecified atom stereocenters. The van der Waals surface area contributed by atoms with Crippen LogP contribution in [0.3, 0.4) is 0 Å². The number of rotatable bonds is 5. The van der Waals surface area contributed by atoms with Gasteiger partial charge in [-0.1, -0.05) is 32.5 Å². The molecule has 0 aromatic carbocycles. The zero-order valence-corrected chi connectivity index (χ0v) is 11.6. The van der Waals surface area contributed by atoms with Gasteiger partial charge < -0.3 is 4.57 Å². The number of nitrogens with zero attached hydrogens (tertiary/aromatic N) is 2. The number of hydrogen-bond acceptors (Lipinski definition) is 3. The Morgan fingerprint density at radius 3 is 2.60 bits per heavy atom. The van der Waals surface area contributed by atoms with E-state index in [4.69, 9.17) is 0 Å². The lowest BCUT2D eigenvalue weighted by Crippen LogP contribution is -2.08. The summed E-state index contributed by atoms with van der Waals surface area (Å²) in [4.78, 5) is 4.28. The van der Waals surface area contributed by atoms with Crippen molar-refractivity contribution in [2.24, 2.45) is 7.05 Å². The predicted molar refractivity (Wildman–Crippen MR) is 70.8 cm³/mol. The second kappa shape index (κ2) is 5.85. The summed E-state index contributed by atoms with van der Waals surface area (Å²) < 4.78 is 2.47. The number of aryl methyl sites for hydroxylation is 1. The standard InChI is InChI=1S/C11H20N2S2/c1-11(2,3)15-9-5-8-14-10-12-6-7-13(10)4/h6-7H,5,8-9H2,1-4H3. The number of aromatic nitrogens is 2. The molecule has 1 aromatic heterocycles. The molecule has 1 heterocycles. The maximum atomic E-state index is 4.28. The minimum atomic E-state index is 0.397. The molecule has 0 atom stereocenters. The molecule has 0 amide bonds. The van der Waals surface area contributed by atoms with Crippen molar-refractivity contribution in [2.45, 2.75) is 37.1 Å². The quantitative estimate of drug-likeness (QED) is 0.584. The van der Waals surface area contributed by atoms with Gasteiger partial charge in [-0.15, -0.1) is 0 Å². The molecule has 0 aliphatic carbocycles. The lowest BCUT2D eigenvalue weighted by Gasteiger charge is -2.16. The third kappa shape index (κ3) is 5.52. The largest absolute Gasteiger partial charge is 0.329 e. The Kier molecular flexibility index (Phi) is 5.06. The fourth-order valence-corrected chi connectivity index (χ4v) is 3.05. The summed E-state index contributed by atoms with van der Waals surface area (Å²) in [5.74, 6) is 2.40. The van der Waals surface area contributed by atoms with Gasteiger partial charge in [0.15, 0.2) is 5.16 Å². The first kappa shape index (κ1) is 13.0. The van der Waals surface area contributed by atoms with E-state index in [1.807, 2.05) is 43.0 Å². The van der Waals surface area contributed by atoms with Gasteiger partial charge in [-0.05, 0) is 12.2 Å². The summed E-state index contributed by atoms with van der Waals surface area (Å²) in [6.07, 6.45) is 5.10. The van der Waals surface area contributed by atoms with Crippen LogP contribution in [0.25, 0.3) is 0 Å². The molecule has 0 fully saturated rings. The minimum Gasteiger partial charge on any atom is -0.329 e. The van der Waals surface area contributed by atoms with Crippen LogP contribution in [0.1, 0.15) is 27.2 Å². The summed E-state index contributed by atoms with van der Waals surface area (Å²) in [5, 5.41) is 1.12. The van der Waals surface area contributed by atoms with Crippen molar-refractivity contribution < 1.29 is 0 Å². The number of hydrogen-bond donors (Lipinski definition) is 0. The van der Waals surface area contributed by atoms with E-state index in [2.05, 4.69) is 30.3 Å². The Labute approximate surface area is 101 Å². The summed E-state index contributed by atoms with van der Waals surface area (Å²) in [6.45, 7) is 6.80. The van der Waals surface area contributed by atoms with E-state index in [1.165, 1.54) is 12.2 Å². The fourth-order valence-electron chi connectivity index (χ4n) is 1.09. The normalized spacial score (nSPS) is 12.0. The SMILES string of the molecule is Cn1ccnc1SCCCSC(C)(C)C. The van der Waals surface area contributed by atoms with Crippen LogP contribution in [0.15, 0.2) is 17.6 Å². The van der Waals surface area contributed by atoms with Gasteiger partial charge in [0, 0.05) is 29.9 Å². The van der Waals surface area contributed by atoms with Gasteiger partial charge in [-0.25, -0.2) is 4.98 Å². The van der Waals surface area contributed by atoms with Crippen molar-refractivity contribution in [2.75, 3.05) is 11.5 Å². The van der Waals surface area contributed by atoms with E-state index in [1.54, 1.807) is 0 Å². The van der Waals surface area contributed by atoms with Gasteiger partial charge in [0.2, 0.25) is 0 Å². The molecule has 0 N–H and O–H groups in total. The smallest absolute Gasteiger partial charge is 0.167 e. The summed E-state index contributed by atoms with van der Waals surface area (Å²) >= 11 is 3.88. The molecule has 0 spiro atoms. The Morgan fingerprint density at radius 2 is 2.07 bits per heavy atom. The topological polar surface area (TPSA) is 17.8 Å². The molecular weight excluding hydrogens is 224 g/mol. The van der Waals surface area contributed by atoms with Crippen LogP contribution in [0.2, 0.25) is 0 Å². The highest BCUT2D eigenvalue weighted by atomic mass is 32.2. The number of imidazole rings is 1.